The van der Waals surface area contributed by atoms with Crippen LogP contribution < -0.4 is 10.1 Å². The number of pyridine rings is 1. The second-order valence-electron chi connectivity index (χ2n) is 6.57. The molecule has 1 amide bonds. The second-order valence-corrected chi connectivity index (χ2v) is 8.51. The number of anilines is 1. The first-order valence-corrected chi connectivity index (χ1v) is 10.2. The summed E-state index contributed by atoms with van der Waals surface area (Å²) >= 11 is 0. The molecule has 144 valence electrons. The zero-order valence-electron chi connectivity index (χ0n) is 15.4. The van der Waals surface area contributed by atoms with Crippen molar-refractivity contribution in [3.8, 4) is 5.88 Å². The molecule has 0 unspecified atom stereocenters. The number of carbonyl (C=O) groups is 1. The molecule has 1 aliphatic heterocycles. The van der Waals surface area contributed by atoms with Gasteiger partial charge in [0.2, 0.25) is 21.8 Å². The number of aryl methyl sites for hydroxylation is 1. The SMILES string of the molecule is COc1ccc(NC(=O)C2CCN(S(=O)(=O)c3ccc(C)cc3)CC2)cn1. The third kappa shape index (κ3) is 4.45. The third-order valence-electron chi connectivity index (χ3n) is 4.70. The number of benzene rings is 1. The number of ether oxygens (including phenoxy) is 1. The summed E-state index contributed by atoms with van der Waals surface area (Å²) in [6, 6.07) is 10.2. The molecular formula is C19H23N3O4S. The van der Waals surface area contributed by atoms with Crippen LogP contribution in [-0.4, -0.2) is 43.8 Å². The largest absolute Gasteiger partial charge is 0.481 e. The predicted octanol–water partition coefficient (Wildman–Crippen LogP) is 2.44. The Labute approximate surface area is 159 Å². The van der Waals surface area contributed by atoms with Gasteiger partial charge in [-0.05, 0) is 38.0 Å². The van der Waals surface area contributed by atoms with E-state index in [0.717, 1.165) is 5.56 Å². The van der Waals surface area contributed by atoms with Gasteiger partial charge in [-0.2, -0.15) is 4.31 Å². The average molecular weight is 389 g/mol. The molecule has 8 heteroatoms. The Morgan fingerprint density at radius 1 is 1.15 bits per heavy atom. The lowest BCUT2D eigenvalue weighted by atomic mass is 9.97. The van der Waals surface area contributed by atoms with E-state index in [1.807, 2.05) is 6.92 Å². The van der Waals surface area contributed by atoms with E-state index in [4.69, 9.17) is 4.74 Å². The molecule has 2 heterocycles. The summed E-state index contributed by atoms with van der Waals surface area (Å²) in [6.45, 7) is 2.57. The summed E-state index contributed by atoms with van der Waals surface area (Å²) in [5.74, 6) is 0.133. The maximum atomic E-state index is 12.7. The molecule has 1 aromatic carbocycles. The number of amides is 1. The van der Waals surface area contributed by atoms with Crippen LogP contribution in [-0.2, 0) is 14.8 Å². The van der Waals surface area contributed by atoms with Crippen molar-refractivity contribution in [2.45, 2.75) is 24.7 Å². The van der Waals surface area contributed by atoms with Crippen molar-refractivity contribution in [1.82, 2.24) is 9.29 Å². The first kappa shape index (κ1) is 19.3. The zero-order valence-corrected chi connectivity index (χ0v) is 16.2. The quantitative estimate of drug-likeness (QED) is 0.848. The number of rotatable bonds is 5. The van der Waals surface area contributed by atoms with Crippen LogP contribution in [0.2, 0.25) is 0 Å². The van der Waals surface area contributed by atoms with E-state index in [9.17, 15) is 13.2 Å². The molecule has 1 aromatic heterocycles. The average Bonchev–Trinajstić information content (AvgIpc) is 2.69. The van der Waals surface area contributed by atoms with E-state index in [1.54, 1.807) is 36.4 Å². The van der Waals surface area contributed by atoms with Crippen LogP contribution in [0.15, 0.2) is 47.5 Å². The van der Waals surface area contributed by atoms with Crippen molar-refractivity contribution >= 4 is 21.6 Å². The number of carbonyl (C=O) groups excluding carboxylic acids is 1. The molecular weight excluding hydrogens is 366 g/mol. The van der Waals surface area contributed by atoms with Gasteiger partial charge in [0.25, 0.3) is 0 Å². The number of nitrogens with one attached hydrogen (secondary N) is 1. The summed E-state index contributed by atoms with van der Waals surface area (Å²) in [4.78, 5) is 16.8. The van der Waals surface area contributed by atoms with E-state index in [-0.39, 0.29) is 11.8 Å². The summed E-state index contributed by atoms with van der Waals surface area (Å²) in [6.07, 6.45) is 2.51. The van der Waals surface area contributed by atoms with Crippen LogP contribution in [0.3, 0.4) is 0 Å². The number of hydrogen-bond donors (Lipinski definition) is 1. The lowest BCUT2D eigenvalue weighted by Crippen LogP contribution is -2.41. The van der Waals surface area contributed by atoms with Crippen molar-refractivity contribution in [3.05, 3.63) is 48.2 Å². The van der Waals surface area contributed by atoms with Crippen molar-refractivity contribution in [1.29, 1.82) is 0 Å². The Morgan fingerprint density at radius 3 is 2.37 bits per heavy atom. The van der Waals surface area contributed by atoms with E-state index in [1.165, 1.54) is 17.6 Å². The Morgan fingerprint density at radius 2 is 1.81 bits per heavy atom. The van der Waals surface area contributed by atoms with Crippen molar-refractivity contribution < 1.29 is 17.9 Å². The van der Waals surface area contributed by atoms with Crippen LogP contribution in [0.1, 0.15) is 18.4 Å². The molecule has 2 aromatic rings. The summed E-state index contributed by atoms with van der Waals surface area (Å²) < 4.78 is 31.9. The van der Waals surface area contributed by atoms with Crippen molar-refractivity contribution in [3.63, 3.8) is 0 Å². The Kier molecular flexibility index (Phi) is 5.76. The van der Waals surface area contributed by atoms with Gasteiger partial charge in [-0.3, -0.25) is 4.79 Å². The summed E-state index contributed by atoms with van der Waals surface area (Å²) in [5.41, 5.74) is 1.60. The predicted molar refractivity (Wildman–Crippen MR) is 102 cm³/mol. The molecule has 1 fully saturated rings. The van der Waals surface area contributed by atoms with E-state index >= 15 is 0 Å². The van der Waals surface area contributed by atoms with Gasteiger partial charge in [-0.1, -0.05) is 17.7 Å². The molecule has 0 bridgehead atoms. The molecule has 1 saturated heterocycles. The highest BCUT2D eigenvalue weighted by Gasteiger charge is 2.32. The van der Waals surface area contributed by atoms with Gasteiger partial charge in [-0.15, -0.1) is 0 Å². The number of sulfonamides is 1. The zero-order chi connectivity index (χ0) is 19.4. The molecule has 0 spiro atoms. The Bertz CT molecular complexity index is 888. The van der Waals surface area contributed by atoms with Crippen LogP contribution >= 0.6 is 0 Å². The van der Waals surface area contributed by atoms with Crippen LogP contribution in [0.4, 0.5) is 5.69 Å². The number of hydrogen-bond acceptors (Lipinski definition) is 5. The van der Waals surface area contributed by atoms with Gasteiger partial charge >= 0.3 is 0 Å². The number of nitrogens with zero attached hydrogens (tertiary/aromatic N) is 2. The molecule has 0 saturated carbocycles. The molecule has 0 radical (unpaired) electrons. The monoisotopic (exact) mass is 389 g/mol. The lowest BCUT2D eigenvalue weighted by Gasteiger charge is -2.30. The van der Waals surface area contributed by atoms with E-state index < -0.39 is 10.0 Å². The molecule has 1 N–H and O–H groups in total. The van der Waals surface area contributed by atoms with Crippen LogP contribution in [0, 0.1) is 12.8 Å². The van der Waals surface area contributed by atoms with Crippen molar-refractivity contribution in [2.75, 3.05) is 25.5 Å². The normalized spacial score (nSPS) is 16.1. The number of aromatic nitrogens is 1. The fourth-order valence-electron chi connectivity index (χ4n) is 3.04. The van der Waals surface area contributed by atoms with E-state index in [2.05, 4.69) is 10.3 Å². The maximum Gasteiger partial charge on any atom is 0.243 e. The number of methoxy groups -OCH3 is 1. The molecule has 0 aliphatic carbocycles. The van der Waals surface area contributed by atoms with Crippen LogP contribution in [0.25, 0.3) is 0 Å². The molecule has 7 nitrogen and oxygen atoms in total. The minimum Gasteiger partial charge on any atom is -0.481 e. The fourth-order valence-corrected chi connectivity index (χ4v) is 4.51. The third-order valence-corrected chi connectivity index (χ3v) is 6.61. The Balaban J connectivity index is 1.59. The highest BCUT2D eigenvalue weighted by Crippen LogP contribution is 2.25. The molecule has 27 heavy (non-hydrogen) atoms. The maximum absolute atomic E-state index is 12.7. The highest BCUT2D eigenvalue weighted by molar-refractivity contribution is 7.89. The minimum absolute atomic E-state index is 0.116. The standard InChI is InChI=1S/C19H23N3O4S/c1-14-3-6-17(7-4-14)27(24,25)22-11-9-15(10-12-22)19(23)21-16-5-8-18(26-2)20-13-16/h3-8,13,15H,9-12H2,1-2H3,(H,21,23). The van der Waals surface area contributed by atoms with Gasteiger partial charge in [0.1, 0.15) is 0 Å². The molecule has 1 aliphatic rings. The molecule has 3 rings (SSSR count). The minimum atomic E-state index is -3.52. The highest BCUT2D eigenvalue weighted by atomic mass is 32.2. The van der Waals surface area contributed by atoms with E-state index in [0.29, 0.717) is 42.4 Å². The fraction of sp³-hybridized carbons (Fsp3) is 0.368. The van der Waals surface area contributed by atoms with Gasteiger partial charge in [0, 0.05) is 25.1 Å². The summed E-state index contributed by atoms with van der Waals surface area (Å²) in [5, 5.41) is 2.83. The second kappa shape index (κ2) is 8.06. The Hall–Kier alpha value is -2.45. The van der Waals surface area contributed by atoms with Gasteiger partial charge in [-0.25, -0.2) is 13.4 Å². The lowest BCUT2D eigenvalue weighted by molar-refractivity contribution is -0.120. The van der Waals surface area contributed by atoms with Crippen LogP contribution in [0.5, 0.6) is 5.88 Å². The number of piperidine rings is 1. The van der Waals surface area contributed by atoms with Gasteiger partial charge in [0.05, 0.1) is 23.9 Å². The summed E-state index contributed by atoms with van der Waals surface area (Å²) in [7, 11) is -1.99. The topological polar surface area (TPSA) is 88.6 Å². The first-order valence-electron chi connectivity index (χ1n) is 8.78. The van der Waals surface area contributed by atoms with Gasteiger partial charge in [0.15, 0.2) is 0 Å². The molecule has 0 atom stereocenters. The first-order chi connectivity index (χ1) is 12.9. The van der Waals surface area contributed by atoms with Crippen molar-refractivity contribution in [2.24, 2.45) is 5.92 Å². The smallest absolute Gasteiger partial charge is 0.243 e. The van der Waals surface area contributed by atoms with Gasteiger partial charge < -0.3 is 10.1 Å².